The van der Waals surface area contributed by atoms with Gasteiger partial charge in [-0.3, -0.25) is 0 Å². The molecule has 0 fully saturated rings. The van der Waals surface area contributed by atoms with Crippen molar-refractivity contribution in [2.45, 2.75) is 19.4 Å². The van der Waals surface area contributed by atoms with Crippen molar-refractivity contribution < 1.29 is 44.6 Å². The molecule has 0 aliphatic carbocycles. The summed E-state index contributed by atoms with van der Waals surface area (Å²) >= 11 is 0. The summed E-state index contributed by atoms with van der Waals surface area (Å²) in [5.74, 6) is -1.45. The Hall–Kier alpha value is 0.430. The summed E-state index contributed by atoms with van der Waals surface area (Å²) in [6.07, 6.45) is 0. The van der Waals surface area contributed by atoms with Crippen LogP contribution in [0.3, 0.4) is 0 Å². The van der Waals surface area contributed by atoms with Crippen LogP contribution in [-0.2, 0) is 4.79 Å². The summed E-state index contributed by atoms with van der Waals surface area (Å²) in [5.41, 5.74) is -1.69. The van der Waals surface area contributed by atoms with Gasteiger partial charge in [-0.1, -0.05) is 0 Å². The number of hydrogen-bond donors (Lipinski definition) is 1. The van der Waals surface area contributed by atoms with Crippen LogP contribution in [0.1, 0.15) is 13.8 Å². The molecule has 0 amide bonds. The first-order chi connectivity index (χ1) is 2.94. The van der Waals surface area contributed by atoms with Crippen LogP contribution in [0.15, 0.2) is 0 Å². The molecule has 0 saturated heterocycles. The van der Waals surface area contributed by atoms with E-state index in [0.29, 0.717) is 0 Å². The van der Waals surface area contributed by atoms with Crippen LogP contribution in [0.5, 0.6) is 0 Å². The first kappa shape index (κ1) is 11.3. The smallest absolute Gasteiger partial charge is 0.547 e. The maximum atomic E-state index is 9.66. The van der Waals surface area contributed by atoms with Crippen molar-refractivity contribution in [3.05, 3.63) is 0 Å². The van der Waals surface area contributed by atoms with E-state index < -0.39 is 11.6 Å². The molecule has 0 aromatic rings. The van der Waals surface area contributed by atoms with E-state index >= 15 is 0 Å². The van der Waals surface area contributed by atoms with Crippen LogP contribution >= 0.6 is 0 Å². The molecule has 0 rings (SSSR count). The zero-order chi connectivity index (χ0) is 6.08. The minimum absolute atomic E-state index is 0. The third kappa shape index (κ3) is 4.59. The molecule has 0 atom stereocenters. The molecule has 3 nitrogen and oxygen atoms in total. The third-order valence-electron chi connectivity index (χ3n) is 0.500. The number of carboxylic acids is 1. The van der Waals surface area contributed by atoms with Gasteiger partial charge in [0.05, 0.1) is 11.6 Å². The molecule has 0 bridgehead atoms. The van der Waals surface area contributed by atoms with E-state index in [1.54, 1.807) is 0 Å². The van der Waals surface area contributed by atoms with Crippen molar-refractivity contribution in [3.8, 4) is 0 Å². The topological polar surface area (TPSA) is 60.4 Å². The van der Waals surface area contributed by atoms with Crippen LogP contribution in [0, 0.1) is 0 Å². The fourth-order valence-electron chi connectivity index (χ4n) is 0. The van der Waals surface area contributed by atoms with Gasteiger partial charge in [0.2, 0.25) is 0 Å². The van der Waals surface area contributed by atoms with Gasteiger partial charge in [-0.15, -0.1) is 0 Å². The van der Waals surface area contributed by atoms with E-state index in [-0.39, 0.29) is 29.6 Å². The minimum atomic E-state index is -1.69. The third-order valence-corrected chi connectivity index (χ3v) is 0.500. The van der Waals surface area contributed by atoms with E-state index in [2.05, 4.69) is 0 Å². The van der Waals surface area contributed by atoms with E-state index in [0.717, 1.165) is 13.8 Å². The van der Waals surface area contributed by atoms with E-state index in [4.69, 9.17) is 5.11 Å². The zero-order valence-corrected chi connectivity index (χ0v) is 7.26. The molecule has 0 aromatic heterocycles. The number of carbonyl (C=O) groups is 1. The number of rotatable bonds is 1. The first-order valence-electron chi connectivity index (χ1n) is 1.88. The second-order valence-electron chi connectivity index (χ2n) is 1.85. The Morgan fingerprint density at radius 2 is 1.75 bits per heavy atom. The second kappa shape index (κ2) is 3.45. The first-order valence-corrected chi connectivity index (χ1v) is 1.88. The number of carbonyl (C=O) groups excluding carboxylic acids is 1. The SMILES string of the molecule is CC(C)(O)C(=O)[O-].[Na+]. The quantitative estimate of drug-likeness (QED) is 0.360. The van der Waals surface area contributed by atoms with Gasteiger partial charge in [-0.05, 0) is 13.8 Å². The normalized spacial score (nSPS) is 9.88. The minimum Gasteiger partial charge on any atom is -0.547 e. The van der Waals surface area contributed by atoms with Crippen LogP contribution in [0.2, 0.25) is 0 Å². The Morgan fingerprint density at radius 1 is 1.62 bits per heavy atom. The molecule has 0 aliphatic rings. The van der Waals surface area contributed by atoms with Crippen LogP contribution in [0.4, 0.5) is 0 Å². The molecule has 0 heterocycles. The predicted molar refractivity (Wildman–Crippen MR) is 21.3 cm³/mol. The molecular formula is C4H7NaO3. The molecule has 0 unspecified atom stereocenters. The van der Waals surface area contributed by atoms with Crippen molar-refractivity contribution in [1.82, 2.24) is 0 Å². The van der Waals surface area contributed by atoms with Crippen molar-refractivity contribution >= 4 is 5.97 Å². The molecule has 0 spiro atoms. The van der Waals surface area contributed by atoms with Crippen LogP contribution in [-0.4, -0.2) is 16.7 Å². The van der Waals surface area contributed by atoms with Gasteiger partial charge in [-0.25, -0.2) is 0 Å². The number of aliphatic carboxylic acids is 1. The van der Waals surface area contributed by atoms with Gasteiger partial charge in [-0.2, -0.15) is 0 Å². The van der Waals surface area contributed by atoms with E-state index in [1.165, 1.54) is 0 Å². The summed E-state index contributed by atoms with van der Waals surface area (Å²) in [5, 5.41) is 18.1. The molecule has 0 saturated carbocycles. The fourth-order valence-corrected chi connectivity index (χ4v) is 0. The van der Waals surface area contributed by atoms with Crippen molar-refractivity contribution in [3.63, 3.8) is 0 Å². The van der Waals surface area contributed by atoms with Crippen molar-refractivity contribution in [2.75, 3.05) is 0 Å². The summed E-state index contributed by atoms with van der Waals surface area (Å²) in [4.78, 5) is 9.66. The summed E-state index contributed by atoms with van der Waals surface area (Å²) in [6, 6.07) is 0. The van der Waals surface area contributed by atoms with Gasteiger partial charge in [0.25, 0.3) is 0 Å². The molecular weight excluding hydrogens is 119 g/mol. The summed E-state index contributed by atoms with van der Waals surface area (Å²) in [6.45, 7) is 2.31. The van der Waals surface area contributed by atoms with Gasteiger partial charge >= 0.3 is 29.6 Å². The van der Waals surface area contributed by atoms with Crippen LogP contribution in [0.25, 0.3) is 0 Å². The monoisotopic (exact) mass is 126 g/mol. The molecule has 0 aromatic carbocycles. The molecule has 0 radical (unpaired) electrons. The largest absolute Gasteiger partial charge is 1.00 e. The zero-order valence-electron chi connectivity index (χ0n) is 5.26. The Balaban J connectivity index is 0. The molecule has 8 heavy (non-hydrogen) atoms. The van der Waals surface area contributed by atoms with Crippen LogP contribution < -0.4 is 34.7 Å². The number of carboxylic acid groups (broad SMARTS) is 1. The van der Waals surface area contributed by atoms with Crippen molar-refractivity contribution in [2.24, 2.45) is 0 Å². The van der Waals surface area contributed by atoms with Crippen molar-refractivity contribution in [1.29, 1.82) is 0 Å². The standard InChI is InChI=1S/C4H8O3.Na/c1-4(2,7)3(5)6;/h7H,1-2H3,(H,5,6);/q;+1/p-1. The predicted octanol–water partition coefficient (Wildman–Crippen LogP) is -4.49. The van der Waals surface area contributed by atoms with Gasteiger partial charge in [0.15, 0.2) is 0 Å². The molecule has 1 N–H and O–H groups in total. The Kier molecular flexibility index (Phi) is 4.86. The Labute approximate surface area is 70.0 Å². The second-order valence-corrected chi connectivity index (χ2v) is 1.85. The average Bonchev–Trinajstić information content (AvgIpc) is 1.31. The van der Waals surface area contributed by atoms with Gasteiger partial charge < -0.3 is 15.0 Å². The average molecular weight is 126 g/mol. The van der Waals surface area contributed by atoms with E-state index in [1.807, 2.05) is 0 Å². The number of aliphatic hydroxyl groups is 1. The van der Waals surface area contributed by atoms with E-state index in [9.17, 15) is 9.90 Å². The Bertz CT molecular complexity index is 83.8. The Morgan fingerprint density at radius 3 is 1.75 bits per heavy atom. The maximum Gasteiger partial charge on any atom is 1.00 e. The maximum absolute atomic E-state index is 9.66. The van der Waals surface area contributed by atoms with Gasteiger partial charge in [0.1, 0.15) is 0 Å². The van der Waals surface area contributed by atoms with Gasteiger partial charge in [0, 0.05) is 0 Å². The number of hydrogen-bond acceptors (Lipinski definition) is 3. The molecule has 4 heteroatoms. The summed E-state index contributed by atoms with van der Waals surface area (Å²) in [7, 11) is 0. The fraction of sp³-hybridized carbons (Fsp3) is 0.750. The molecule has 0 aliphatic heterocycles. The summed E-state index contributed by atoms with van der Waals surface area (Å²) < 4.78 is 0. The molecule has 42 valence electrons.